The van der Waals surface area contributed by atoms with E-state index < -0.39 is 5.97 Å². The van der Waals surface area contributed by atoms with E-state index >= 15 is 0 Å². The van der Waals surface area contributed by atoms with Gasteiger partial charge in [0.1, 0.15) is 11.5 Å². The largest absolute Gasteiger partial charge is 0.493 e. The summed E-state index contributed by atoms with van der Waals surface area (Å²) in [5, 5.41) is 3.44. The third kappa shape index (κ3) is 5.27. The van der Waals surface area contributed by atoms with Gasteiger partial charge in [0, 0.05) is 24.2 Å². The molecule has 0 saturated heterocycles. The first kappa shape index (κ1) is 15.6. The van der Waals surface area contributed by atoms with Crippen LogP contribution in [-0.2, 0) is 16.1 Å². The Morgan fingerprint density at radius 2 is 2.14 bits per heavy atom. The maximum absolute atomic E-state index is 11.2. The van der Waals surface area contributed by atoms with Crippen LogP contribution in [0.1, 0.15) is 31.7 Å². The molecule has 21 heavy (non-hydrogen) atoms. The van der Waals surface area contributed by atoms with Crippen LogP contribution in [-0.4, -0.2) is 32.3 Å². The van der Waals surface area contributed by atoms with Gasteiger partial charge in [0.2, 0.25) is 0 Å². The molecule has 0 amide bonds. The van der Waals surface area contributed by atoms with Crippen LogP contribution in [0.15, 0.2) is 18.2 Å². The lowest BCUT2D eigenvalue weighted by atomic mass is 10.2. The van der Waals surface area contributed by atoms with Crippen LogP contribution in [0.3, 0.4) is 0 Å². The number of nitrogens with one attached hydrogen (secondary N) is 1. The quantitative estimate of drug-likeness (QED) is 0.708. The molecule has 0 atom stereocenters. The fourth-order valence-electron chi connectivity index (χ4n) is 1.86. The van der Waals surface area contributed by atoms with Crippen molar-refractivity contribution in [1.82, 2.24) is 5.32 Å². The number of hydrogen-bond acceptors (Lipinski definition) is 5. The first-order chi connectivity index (χ1) is 10.2. The molecule has 5 nitrogen and oxygen atoms in total. The zero-order chi connectivity index (χ0) is 15.1. The van der Waals surface area contributed by atoms with Crippen molar-refractivity contribution in [2.75, 3.05) is 20.3 Å². The highest BCUT2D eigenvalue weighted by molar-refractivity contribution is 5.71. The lowest BCUT2D eigenvalue weighted by Crippen LogP contribution is -2.18. The normalized spacial score (nSPS) is 13.8. The Kier molecular flexibility index (Phi) is 5.87. The Bertz CT molecular complexity index is 471. The highest BCUT2D eigenvalue weighted by Gasteiger charge is 2.21. The van der Waals surface area contributed by atoms with Crippen LogP contribution in [0, 0.1) is 0 Å². The molecule has 1 fully saturated rings. The maximum atomic E-state index is 11.2. The average Bonchev–Trinajstić information content (AvgIpc) is 3.33. The van der Waals surface area contributed by atoms with Gasteiger partial charge in [-0.3, -0.25) is 0 Å². The number of methoxy groups -OCH3 is 1. The predicted molar refractivity (Wildman–Crippen MR) is 79.6 cm³/mol. The van der Waals surface area contributed by atoms with Gasteiger partial charge >= 0.3 is 5.97 Å². The van der Waals surface area contributed by atoms with Crippen LogP contribution in [0.5, 0.6) is 11.5 Å². The molecule has 0 radical (unpaired) electrons. The summed E-state index contributed by atoms with van der Waals surface area (Å²) < 4.78 is 15.8. The smallest absolute Gasteiger partial charge is 0.343 e. The molecule has 0 bridgehead atoms. The molecule has 2 rings (SSSR count). The van der Waals surface area contributed by atoms with Crippen LogP contribution in [0.4, 0.5) is 0 Å². The van der Waals surface area contributed by atoms with E-state index in [2.05, 4.69) is 17.0 Å². The molecule has 1 aromatic rings. The molecule has 0 heterocycles. The minimum absolute atomic E-state index is 0.0931. The predicted octanol–water partition coefficient (Wildman–Crippen LogP) is 2.28. The highest BCUT2D eigenvalue weighted by atomic mass is 16.6. The van der Waals surface area contributed by atoms with Gasteiger partial charge in [-0.25, -0.2) is 4.79 Å². The molecule has 1 aliphatic carbocycles. The second kappa shape index (κ2) is 7.88. The Labute approximate surface area is 125 Å². The molecule has 1 aromatic carbocycles. The maximum Gasteiger partial charge on any atom is 0.343 e. The average molecular weight is 293 g/mol. The van der Waals surface area contributed by atoms with Gasteiger partial charge in [-0.15, -0.1) is 0 Å². The van der Waals surface area contributed by atoms with Gasteiger partial charge < -0.3 is 19.5 Å². The fourth-order valence-corrected chi connectivity index (χ4v) is 1.86. The van der Waals surface area contributed by atoms with Crippen molar-refractivity contribution in [3.05, 3.63) is 23.8 Å². The van der Waals surface area contributed by atoms with Gasteiger partial charge in [0.15, 0.2) is 6.61 Å². The highest BCUT2D eigenvalue weighted by Crippen LogP contribution is 2.27. The lowest BCUT2D eigenvalue weighted by molar-refractivity contribution is -0.142. The standard InChI is InChI=1S/C16H23NO4/c1-3-8-20-14-7-4-12(10-17-13-5-6-13)15(9-14)21-11-16(18)19-2/h4,7,9,13,17H,3,5-6,8,10-11H2,1-2H3. The number of hydrogen-bond donors (Lipinski definition) is 1. The molecule has 1 N–H and O–H groups in total. The van der Waals surface area contributed by atoms with Gasteiger partial charge in [0.05, 0.1) is 13.7 Å². The van der Waals surface area contributed by atoms with E-state index in [-0.39, 0.29) is 6.61 Å². The van der Waals surface area contributed by atoms with Crippen LogP contribution in [0.25, 0.3) is 0 Å². The van der Waals surface area contributed by atoms with Gasteiger partial charge in [-0.2, -0.15) is 0 Å². The van der Waals surface area contributed by atoms with Crippen molar-refractivity contribution in [2.24, 2.45) is 0 Å². The van der Waals surface area contributed by atoms with Crippen molar-refractivity contribution >= 4 is 5.97 Å². The van der Waals surface area contributed by atoms with Crippen molar-refractivity contribution in [1.29, 1.82) is 0 Å². The number of benzene rings is 1. The van der Waals surface area contributed by atoms with Crippen LogP contribution < -0.4 is 14.8 Å². The monoisotopic (exact) mass is 293 g/mol. The molecule has 0 aliphatic heterocycles. The topological polar surface area (TPSA) is 56.8 Å². The lowest BCUT2D eigenvalue weighted by Gasteiger charge is -2.13. The van der Waals surface area contributed by atoms with Crippen molar-refractivity contribution < 1.29 is 19.0 Å². The molecule has 116 valence electrons. The van der Waals surface area contributed by atoms with Gasteiger partial charge in [0.25, 0.3) is 0 Å². The second-order valence-corrected chi connectivity index (χ2v) is 5.14. The Morgan fingerprint density at radius 1 is 1.33 bits per heavy atom. The SMILES string of the molecule is CCCOc1ccc(CNC2CC2)c(OCC(=O)OC)c1. The van der Waals surface area contributed by atoms with E-state index in [1.165, 1.54) is 20.0 Å². The molecule has 0 spiro atoms. The van der Waals surface area contributed by atoms with Crippen molar-refractivity contribution in [3.8, 4) is 11.5 Å². The fraction of sp³-hybridized carbons (Fsp3) is 0.562. The summed E-state index contributed by atoms with van der Waals surface area (Å²) >= 11 is 0. The second-order valence-electron chi connectivity index (χ2n) is 5.14. The minimum atomic E-state index is -0.393. The summed E-state index contributed by atoms with van der Waals surface area (Å²) in [7, 11) is 1.35. The van der Waals surface area contributed by atoms with Gasteiger partial charge in [-0.1, -0.05) is 13.0 Å². The molecule has 1 aliphatic rings. The van der Waals surface area contributed by atoms with E-state index in [9.17, 15) is 4.79 Å². The van der Waals surface area contributed by atoms with E-state index in [0.717, 1.165) is 24.3 Å². The third-order valence-electron chi connectivity index (χ3n) is 3.24. The molecule has 1 saturated carbocycles. The zero-order valence-corrected chi connectivity index (χ0v) is 12.7. The minimum Gasteiger partial charge on any atom is -0.493 e. The van der Waals surface area contributed by atoms with Crippen LogP contribution >= 0.6 is 0 Å². The van der Waals surface area contributed by atoms with E-state index in [4.69, 9.17) is 9.47 Å². The molecule has 5 heteroatoms. The number of ether oxygens (including phenoxy) is 3. The van der Waals surface area contributed by atoms with E-state index in [1.54, 1.807) is 0 Å². The molecule has 0 unspecified atom stereocenters. The van der Waals surface area contributed by atoms with E-state index in [1.807, 2.05) is 18.2 Å². The first-order valence-electron chi connectivity index (χ1n) is 7.41. The number of carbonyl (C=O) groups excluding carboxylic acids is 1. The third-order valence-corrected chi connectivity index (χ3v) is 3.24. The molecular formula is C16H23NO4. The number of carbonyl (C=O) groups is 1. The van der Waals surface area contributed by atoms with Crippen LogP contribution in [0.2, 0.25) is 0 Å². The first-order valence-corrected chi connectivity index (χ1v) is 7.41. The zero-order valence-electron chi connectivity index (χ0n) is 12.7. The molecule has 0 aromatic heterocycles. The Hall–Kier alpha value is -1.75. The summed E-state index contributed by atoms with van der Waals surface area (Å²) in [4.78, 5) is 11.2. The number of rotatable bonds is 9. The van der Waals surface area contributed by atoms with Crippen molar-refractivity contribution in [3.63, 3.8) is 0 Å². The summed E-state index contributed by atoms with van der Waals surface area (Å²) in [5.74, 6) is 1.03. The van der Waals surface area contributed by atoms with Crippen molar-refractivity contribution in [2.45, 2.75) is 38.8 Å². The van der Waals surface area contributed by atoms with Gasteiger partial charge in [-0.05, 0) is 25.3 Å². The molecular weight excluding hydrogens is 270 g/mol. The summed E-state index contributed by atoms with van der Waals surface area (Å²) in [6.45, 7) is 3.36. The summed E-state index contributed by atoms with van der Waals surface area (Å²) in [6.07, 6.45) is 3.41. The summed E-state index contributed by atoms with van der Waals surface area (Å²) in [6, 6.07) is 6.37. The number of esters is 1. The van der Waals surface area contributed by atoms with E-state index in [0.29, 0.717) is 18.4 Å². The Morgan fingerprint density at radius 3 is 2.81 bits per heavy atom. The summed E-state index contributed by atoms with van der Waals surface area (Å²) in [5.41, 5.74) is 1.02. The Balaban J connectivity index is 2.02.